The lowest BCUT2D eigenvalue weighted by Gasteiger charge is -2.25. The minimum absolute atomic E-state index is 0.544. The number of hydrogen-bond acceptors (Lipinski definition) is 2. The van der Waals surface area contributed by atoms with Gasteiger partial charge in [0.05, 0.1) is 6.61 Å². The first-order valence-corrected chi connectivity index (χ1v) is 4.08. The maximum Gasteiger partial charge on any atom is 0.332 e. The second-order valence-corrected chi connectivity index (χ2v) is 3.01. The third kappa shape index (κ3) is 2.19. The van der Waals surface area contributed by atoms with Gasteiger partial charge in [0.25, 0.3) is 0 Å². The van der Waals surface area contributed by atoms with E-state index in [4.69, 9.17) is 9.84 Å². The van der Waals surface area contributed by atoms with Crippen LogP contribution in [0.5, 0.6) is 0 Å². The Bertz CT molecular complexity index is 136. The van der Waals surface area contributed by atoms with Crippen molar-refractivity contribution in [3.63, 3.8) is 0 Å². The van der Waals surface area contributed by atoms with Crippen molar-refractivity contribution in [3.05, 3.63) is 0 Å². The summed E-state index contributed by atoms with van der Waals surface area (Å²) >= 11 is 0. The first kappa shape index (κ1) is 8.53. The fourth-order valence-corrected chi connectivity index (χ4v) is 1.32. The smallest absolute Gasteiger partial charge is 0.332 e. The quantitative estimate of drug-likeness (QED) is 0.658. The van der Waals surface area contributed by atoms with Crippen LogP contribution in [0.1, 0.15) is 26.2 Å². The Labute approximate surface area is 66.4 Å². The van der Waals surface area contributed by atoms with Gasteiger partial charge in [-0.25, -0.2) is 4.79 Å². The molecule has 0 radical (unpaired) electrons. The molecule has 3 nitrogen and oxygen atoms in total. The normalized spacial score (nSPS) is 31.7. The van der Waals surface area contributed by atoms with E-state index in [2.05, 4.69) is 6.92 Å². The molecule has 1 fully saturated rings. The third-order valence-corrected chi connectivity index (χ3v) is 2.22. The molecule has 2 atom stereocenters. The van der Waals surface area contributed by atoms with E-state index in [-0.39, 0.29) is 0 Å². The van der Waals surface area contributed by atoms with Crippen LogP contribution in [0.4, 0.5) is 0 Å². The van der Waals surface area contributed by atoms with Crippen molar-refractivity contribution in [1.29, 1.82) is 0 Å². The molecule has 0 aromatic rings. The largest absolute Gasteiger partial charge is 0.479 e. The van der Waals surface area contributed by atoms with Crippen LogP contribution in [0.3, 0.4) is 0 Å². The second-order valence-electron chi connectivity index (χ2n) is 3.01. The molecular weight excluding hydrogens is 144 g/mol. The van der Waals surface area contributed by atoms with E-state index < -0.39 is 12.1 Å². The molecule has 0 aromatic heterocycles. The maximum atomic E-state index is 10.4. The van der Waals surface area contributed by atoms with Crippen molar-refractivity contribution in [1.82, 2.24) is 0 Å². The number of aliphatic carboxylic acids is 1. The summed E-state index contributed by atoms with van der Waals surface area (Å²) in [5, 5.41) is 8.57. The van der Waals surface area contributed by atoms with Crippen LogP contribution in [0.15, 0.2) is 0 Å². The number of ether oxygens (including phenoxy) is 1. The van der Waals surface area contributed by atoms with Crippen molar-refractivity contribution in [2.45, 2.75) is 32.3 Å². The SMILES string of the molecule is CCC1CCC(C(=O)O)OC1. The molecule has 0 amide bonds. The van der Waals surface area contributed by atoms with Crippen LogP contribution in [0.25, 0.3) is 0 Å². The van der Waals surface area contributed by atoms with Crippen molar-refractivity contribution in [2.24, 2.45) is 5.92 Å². The molecule has 0 aromatic carbocycles. The highest BCUT2D eigenvalue weighted by Gasteiger charge is 2.25. The van der Waals surface area contributed by atoms with Gasteiger partial charge < -0.3 is 9.84 Å². The highest BCUT2D eigenvalue weighted by Crippen LogP contribution is 2.21. The Hall–Kier alpha value is -0.570. The highest BCUT2D eigenvalue weighted by molar-refractivity contribution is 5.72. The summed E-state index contributed by atoms with van der Waals surface area (Å²) < 4.78 is 5.14. The first-order chi connectivity index (χ1) is 5.24. The van der Waals surface area contributed by atoms with Gasteiger partial charge >= 0.3 is 5.97 Å². The Balaban J connectivity index is 2.30. The van der Waals surface area contributed by atoms with Crippen molar-refractivity contribution in [2.75, 3.05) is 6.61 Å². The Morgan fingerprint density at radius 1 is 1.64 bits per heavy atom. The summed E-state index contributed by atoms with van der Waals surface area (Å²) in [6, 6.07) is 0. The molecule has 0 aliphatic carbocycles. The third-order valence-electron chi connectivity index (χ3n) is 2.22. The number of carboxylic acid groups (broad SMARTS) is 1. The van der Waals surface area contributed by atoms with Gasteiger partial charge in [0.2, 0.25) is 0 Å². The van der Waals surface area contributed by atoms with E-state index in [1.165, 1.54) is 0 Å². The van der Waals surface area contributed by atoms with Gasteiger partial charge in [-0.1, -0.05) is 13.3 Å². The molecule has 1 rings (SSSR count). The molecule has 1 saturated heterocycles. The molecule has 1 aliphatic rings. The van der Waals surface area contributed by atoms with Crippen LogP contribution in [0, 0.1) is 5.92 Å². The lowest BCUT2D eigenvalue weighted by molar-refractivity contribution is -0.155. The molecule has 0 spiro atoms. The molecule has 11 heavy (non-hydrogen) atoms. The second kappa shape index (κ2) is 3.72. The minimum atomic E-state index is -0.820. The summed E-state index contributed by atoms with van der Waals surface area (Å²) in [5.74, 6) is -0.245. The lowest BCUT2D eigenvalue weighted by atomic mass is 9.96. The molecule has 2 unspecified atom stereocenters. The fourth-order valence-electron chi connectivity index (χ4n) is 1.32. The predicted octanol–water partition coefficient (Wildman–Crippen LogP) is 1.28. The van der Waals surface area contributed by atoms with E-state index >= 15 is 0 Å². The van der Waals surface area contributed by atoms with Gasteiger partial charge in [-0.2, -0.15) is 0 Å². The van der Waals surface area contributed by atoms with Gasteiger partial charge in [-0.3, -0.25) is 0 Å². The van der Waals surface area contributed by atoms with E-state index in [1.807, 2.05) is 0 Å². The summed E-state index contributed by atoms with van der Waals surface area (Å²) in [4.78, 5) is 10.4. The summed E-state index contributed by atoms with van der Waals surface area (Å²) in [6.45, 7) is 2.72. The van der Waals surface area contributed by atoms with Crippen LogP contribution in [-0.2, 0) is 9.53 Å². The van der Waals surface area contributed by atoms with Crippen molar-refractivity contribution >= 4 is 5.97 Å². The van der Waals surface area contributed by atoms with Gasteiger partial charge in [-0.15, -0.1) is 0 Å². The minimum Gasteiger partial charge on any atom is -0.479 e. The van der Waals surface area contributed by atoms with Crippen molar-refractivity contribution < 1.29 is 14.6 Å². The standard InChI is InChI=1S/C8H14O3/c1-2-6-3-4-7(8(9)10)11-5-6/h6-7H,2-5H2,1H3,(H,9,10). The van der Waals surface area contributed by atoms with E-state index in [9.17, 15) is 4.79 Å². The molecule has 3 heteroatoms. The summed E-state index contributed by atoms with van der Waals surface area (Å²) in [7, 11) is 0. The molecule has 0 bridgehead atoms. The van der Waals surface area contributed by atoms with E-state index in [0.717, 1.165) is 12.8 Å². The van der Waals surface area contributed by atoms with Gasteiger partial charge in [0.1, 0.15) is 0 Å². The number of carboxylic acids is 1. The Kier molecular flexibility index (Phi) is 2.88. The highest BCUT2D eigenvalue weighted by atomic mass is 16.5. The summed E-state index contributed by atoms with van der Waals surface area (Å²) in [5.41, 5.74) is 0. The number of hydrogen-bond donors (Lipinski definition) is 1. The number of carbonyl (C=O) groups is 1. The van der Waals surface area contributed by atoms with Crippen LogP contribution in [-0.4, -0.2) is 23.8 Å². The predicted molar refractivity (Wildman–Crippen MR) is 40.4 cm³/mol. The Morgan fingerprint density at radius 2 is 2.36 bits per heavy atom. The van der Waals surface area contributed by atoms with Gasteiger partial charge in [0, 0.05) is 0 Å². The number of rotatable bonds is 2. The molecule has 1 heterocycles. The maximum absolute atomic E-state index is 10.4. The monoisotopic (exact) mass is 158 g/mol. The average Bonchev–Trinajstić information content (AvgIpc) is 2.05. The Morgan fingerprint density at radius 3 is 2.73 bits per heavy atom. The molecule has 1 N–H and O–H groups in total. The molecule has 0 saturated carbocycles. The molecule has 1 aliphatic heterocycles. The zero-order valence-electron chi connectivity index (χ0n) is 6.75. The van der Waals surface area contributed by atoms with E-state index in [0.29, 0.717) is 18.9 Å². The lowest BCUT2D eigenvalue weighted by Crippen LogP contribution is -2.31. The van der Waals surface area contributed by atoms with Crippen LogP contribution in [0.2, 0.25) is 0 Å². The average molecular weight is 158 g/mol. The van der Waals surface area contributed by atoms with Gasteiger partial charge in [-0.05, 0) is 18.8 Å². The van der Waals surface area contributed by atoms with Crippen LogP contribution >= 0.6 is 0 Å². The van der Waals surface area contributed by atoms with E-state index in [1.54, 1.807) is 0 Å². The zero-order valence-corrected chi connectivity index (χ0v) is 6.75. The zero-order chi connectivity index (χ0) is 8.27. The molecule has 64 valence electrons. The van der Waals surface area contributed by atoms with Crippen LogP contribution < -0.4 is 0 Å². The first-order valence-electron chi connectivity index (χ1n) is 4.08. The van der Waals surface area contributed by atoms with Gasteiger partial charge in [0.15, 0.2) is 6.10 Å². The topological polar surface area (TPSA) is 46.5 Å². The fraction of sp³-hybridized carbons (Fsp3) is 0.875. The van der Waals surface area contributed by atoms with Crippen molar-refractivity contribution in [3.8, 4) is 0 Å². The molecular formula is C8H14O3. The summed E-state index contributed by atoms with van der Waals surface area (Å²) in [6.07, 6.45) is 2.21.